The van der Waals surface area contributed by atoms with E-state index in [0.717, 1.165) is 25.0 Å². The van der Waals surface area contributed by atoms with Gasteiger partial charge in [-0.25, -0.2) is 4.39 Å². The van der Waals surface area contributed by atoms with Gasteiger partial charge >= 0.3 is 5.97 Å². The minimum atomic E-state index is -0.983. The van der Waals surface area contributed by atoms with Crippen LogP contribution in [0.15, 0.2) is 12.1 Å². The fourth-order valence-electron chi connectivity index (χ4n) is 2.03. The molecule has 1 unspecified atom stereocenters. The Bertz CT molecular complexity index is 563. The van der Waals surface area contributed by atoms with Crippen LogP contribution in [0.3, 0.4) is 0 Å². The van der Waals surface area contributed by atoms with Gasteiger partial charge in [-0.1, -0.05) is 0 Å². The smallest absolute Gasteiger partial charge is 0.305 e. The summed E-state index contributed by atoms with van der Waals surface area (Å²) in [6, 6.07) is 1.78. The van der Waals surface area contributed by atoms with Crippen molar-refractivity contribution >= 4 is 39.9 Å². The lowest BCUT2D eigenvalue weighted by atomic mass is 10.1. The number of hydrogen-bond acceptors (Lipinski definition) is 4. The number of carboxylic acids is 1. The van der Waals surface area contributed by atoms with Gasteiger partial charge in [-0.3, -0.25) is 14.9 Å². The molecular formula is C12H12FIN2O4. The highest BCUT2D eigenvalue weighted by molar-refractivity contribution is 14.1. The van der Waals surface area contributed by atoms with Crippen LogP contribution in [0.1, 0.15) is 19.3 Å². The van der Waals surface area contributed by atoms with Crippen molar-refractivity contribution in [2.45, 2.75) is 25.3 Å². The summed E-state index contributed by atoms with van der Waals surface area (Å²) in [6.45, 7) is 0. The monoisotopic (exact) mass is 394 g/mol. The number of nitro benzene ring substituents is 1. The van der Waals surface area contributed by atoms with Gasteiger partial charge in [-0.05, 0) is 41.4 Å². The minimum Gasteiger partial charge on any atom is -0.481 e. The van der Waals surface area contributed by atoms with E-state index in [1.165, 1.54) is 0 Å². The van der Waals surface area contributed by atoms with E-state index in [0.29, 0.717) is 0 Å². The Morgan fingerprint density at radius 1 is 1.60 bits per heavy atom. The molecule has 0 aromatic heterocycles. The van der Waals surface area contributed by atoms with Gasteiger partial charge in [0.05, 0.1) is 14.9 Å². The molecule has 20 heavy (non-hydrogen) atoms. The Kier molecular flexibility index (Phi) is 4.41. The molecule has 2 N–H and O–H groups in total. The van der Waals surface area contributed by atoms with E-state index in [4.69, 9.17) is 5.11 Å². The molecule has 1 saturated carbocycles. The van der Waals surface area contributed by atoms with Gasteiger partial charge in [0.15, 0.2) is 0 Å². The van der Waals surface area contributed by atoms with Crippen LogP contribution >= 0.6 is 22.6 Å². The summed E-state index contributed by atoms with van der Waals surface area (Å²) in [5.74, 6) is -1.38. The first kappa shape index (κ1) is 14.9. The van der Waals surface area contributed by atoms with Crippen LogP contribution in [0.5, 0.6) is 0 Å². The van der Waals surface area contributed by atoms with Crippen molar-refractivity contribution in [3.8, 4) is 0 Å². The molecule has 6 nitrogen and oxygen atoms in total. The van der Waals surface area contributed by atoms with Crippen LogP contribution in [0.2, 0.25) is 0 Å². The van der Waals surface area contributed by atoms with E-state index in [2.05, 4.69) is 5.32 Å². The Morgan fingerprint density at radius 3 is 2.75 bits per heavy atom. The fourth-order valence-corrected chi connectivity index (χ4v) is 2.48. The number of nitro groups is 1. The van der Waals surface area contributed by atoms with Crippen LogP contribution in [0, 0.1) is 25.4 Å². The predicted octanol–water partition coefficient (Wildman–Crippen LogP) is 3.00. The zero-order valence-electron chi connectivity index (χ0n) is 10.3. The third-order valence-electron chi connectivity index (χ3n) is 3.16. The summed E-state index contributed by atoms with van der Waals surface area (Å²) in [7, 11) is 0. The van der Waals surface area contributed by atoms with Gasteiger partial charge < -0.3 is 10.4 Å². The zero-order valence-corrected chi connectivity index (χ0v) is 12.5. The first-order valence-electron chi connectivity index (χ1n) is 6.00. The molecular weight excluding hydrogens is 382 g/mol. The number of nitrogens with zero attached hydrogens (tertiary/aromatic N) is 1. The van der Waals surface area contributed by atoms with Gasteiger partial charge in [-0.2, -0.15) is 0 Å². The lowest BCUT2D eigenvalue weighted by Crippen LogP contribution is -2.25. The highest BCUT2D eigenvalue weighted by Gasteiger charge is 2.34. The zero-order chi connectivity index (χ0) is 14.9. The van der Waals surface area contributed by atoms with Crippen molar-refractivity contribution in [3.63, 3.8) is 0 Å². The number of nitrogens with one attached hydrogen (secondary N) is 1. The quantitative estimate of drug-likeness (QED) is 0.440. The van der Waals surface area contributed by atoms with Crippen molar-refractivity contribution in [3.05, 3.63) is 31.6 Å². The van der Waals surface area contributed by atoms with Gasteiger partial charge in [0.2, 0.25) is 0 Å². The number of hydrogen-bond donors (Lipinski definition) is 2. The van der Waals surface area contributed by atoms with E-state index in [9.17, 15) is 19.3 Å². The Hall–Kier alpha value is -1.45. The second-order valence-electron chi connectivity index (χ2n) is 4.73. The number of anilines is 1. The SMILES string of the molecule is O=C(O)CC(Nc1cc(F)c(I)cc1[N+](=O)[O-])C1CC1. The fraction of sp³-hybridized carbons (Fsp3) is 0.417. The maximum atomic E-state index is 13.6. The van der Waals surface area contributed by atoms with Crippen molar-refractivity contribution in [1.82, 2.24) is 0 Å². The van der Waals surface area contributed by atoms with Crippen molar-refractivity contribution in [2.75, 3.05) is 5.32 Å². The predicted molar refractivity (Wildman–Crippen MR) is 78.2 cm³/mol. The molecule has 1 fully saturated rings. The molecule has 0 bridgehead atoms. The van der Waals surface area contributed by atoms with E-state index in [-0.39, 0.29) is 27.3 Å². The highest BCUT2D eigenvalue weighted by Crippen LogP contribution is 2.38. The molecule has 0 radical (unpaired) electrons. The molecule has 0 spiro atoms. The molecule has 0 saturated heterocycles. The first-order chi connectivity index (χ1) is 9.38. The van der Waals surface area contributed by atoms with Crippen LogP contribution in [-0.2, 0) is 4.79 Å². The minimum absolute atomic E-state index is 0.0334. The van der Waals surface area contributed by atoms with Crippen LogP contribution in [-0.4, -0.2) is 22.0 Å². The molecule has 2 rings (SSSR count). The molecule has 1 aliphatic rings. The largest absolute Gasteiger partial charge is 0.481 e. The second-order valence-corrected chi connectivity index (χ2v) is 5.89. The number of carboxylic acid groups (broad SMARTS) is 1. The van der Waals surface area contributed by atoms with Crippen LogP contribution < -0.4 is 5.32 Å². The Balaban J connectivity index is 2.28. The molecule has 8 heteroatoms. The van der Waals surface area contributed by atoms with E-state index in [1.807, 2.05) is 0 Å². The lowest BCUT2D eigenvalue weighted by Gasteiger charge is -2.17. The maximum Gasteiger partial charge on any atom is 0.305 e. The molecule has 0 aliphatic heterocycles. The number of rotatable bonds is 6. The highest BCUT2D eigenvalue weighted by atomic mass is 127. The molecule has 108 valence electrons. The van der Waals surface area contributed by atoms with E-state index >= 15 is 0 Å². The van der Waals surface area contributed by atoms with Gasteiger partial charge in [-0.15, -0.1) is 0 Å². The summed E-state index contributed by atoms with van der Waals surface area (Å²) in [4.78, 5) is 21.2. The number of halogens is 2. The summed E-state index contributed by atoms with van der Waals surface area (Å²) in [5.41, 5.74) is -0.210. The van der Waals surface area contributed by atoms with Crippen LogP contribution in [0.4, 0.5) is 15.8 Å². The Morgan fingerprint density at radius 2 is 2.25 bits per heavy atom. The first-order valence-corrected chi connectivity index (χ1v) is 7.08. The van der Waals surface area contributed by atoms with Gasteiger partial charge in [0, 0.05) is 18.2 Å². The normalized spacial score (nSPS) is 15.7. The summed E-state index contributed by atoms with van der Waals surface area (Å²) >= 11 is 1.68. The number of aliphatic carboxylic acids is 1. The average molecular weight is 394 g/mol. The van der Waals surface area contributed by atoms with E-state index in [1.54, 1.807) is 22.6 Å². The van der Waals surface area contributed by atoms with Crippen molar-refractivity contribution in [2.24, 2.45) is 5.92 Å². The lowest BCUT2D eigenvalue weighted by molar-refractivity contribution is -0.384. The summed E-state index contributed by atoms with van der Waals surface area (Å²) in [6.07, 6.45) is 1.62. The van der Waals surface area contributed by atoms with Gasteiger partial charge in [0.25, 0.3) is 5.69 Å². The third-order valence-corrected chi connectivity index (χ3v) is 3.99. The molecule has 0 amide bonds. The maximum absolute atomic E-state index is 13.6. The Labute approximate surface area is 127 Å². The molecule has 1 aromatic carbocycles. The summed E-state index contributed by atoms with van der Waals surface area (Å²) < 4.78 is 13.7. The number of benzene rings is 1. The summed E-state index contributed by atoms with van der Waals surface area (Å²) in [5, 5.41) is 22.7. The average Bonchev–Trinajstić information content (AvgIpc) is 3.15. The topological polar surface area (TPSA) is 92.5 Å². The third kappa shape index (κ3) is 3.56. The molecule has 1 aromatic rings. The van der Waals surface area contributed by atoms with Gasteiger partial charge in [0.1, 0.15) is 11.5 Å². The molecule has 1 atom stereocenters. The second kappa shape index (κ2) is 5.90. The van der Waals surface area contributed by atoms with Crippen molar-refractivity contribution in [1.29, 1.82) is 0 Å². The van der Waals surface area contributed by atoms with Crippen molar-refractivity contribution < 1.29 is 19.2 Å². The molecule has 1 aliphatic carbocycles. The van der Waals surface area contributed by atoms with Crippen LogP contribution in [0.25, 0.3) is 0 Å². The standard InChI is InChI=1S/C12H12FIN2O4/c13-7-3-10(11(16(19)20)4-8(7)14)15-9(5-12(17)18)6-1-2-6/h3-4,6,9,15H,1-2,5H2,(H,17,18). The van der Waals surface area contributed by atoms with E-state index < -0.39 is 22.8 Å². The molecule has 0 heterocycles. The number of carbonyl (C=O) groups is 1.